The molecule has 144 valence electrons. The van der Waals surface area contributed by atoms with Gasteiger partial charge >= 0.3 is 0 Å². The molecule has 5 heteroatoms. The molecular formula is C21H34N4O. The highest BCUT2D eigenvalue weighted by Gasteiger charge is 2.56. The molecule has 4 rings (SSSR count). The minimum Gasteiger partial charge on any atom is -0.338 e. The Hall–Kier alpha value is -1.36. The third-order valence-electron chi connectivity index (χ3n) is 7.89. The average molecular weight is 359 g/mol. The Morgan fingerprint density at radius 3 is 2.69 bits per heavy atom. The molecule has 5 nitrogen and oxygen atoms in total. The molecule has 2 aliphatic carbocycles. The van der Waals surface area contributed by atoms with Crippen LogP contribution in [0.25, 0.3) is 0 Å². The molecule has 0 aromatic carbocycles. The van der Waals surface area contributed by atoms with Gasteiger partial charge in [0.25, 0.3) is 0 Å². The van der Waals surface area contributed by atoms with Gasteiger partial charge in [0.1, 0.15) is 0 Å². The third kappa shape index (κ3) is 2.62. The number of carbonyl (C=O) groups excluding carboxylic acids is 1. The Labute approximate surface area is 157 Å². The van der Waals surface area contributed by atoms with Crippen molar-refractivity contribution in [3.8, 4) is 0 Å². The second kappa shape index (κ2) is 6.36. The second-order valence-electron chi connectivity index (χ2n) is 9.48. The molecule has 1 unspecified atom stereocenters. The summed E-state index contributed by atoms with van der Waals surface area (Å²) in [7, 11) is 3.92. The number of fused-ring (bicyclic) bond motifs is 1. The van der Waals surface area contributed by atoms with Crippen LogP contribution < -0.4 is 5.32 Å². The summed E-state index contributed by atoms with van der Waals surface area (Å²) in [5.74, 6) is 2.31. The minimum absolute atomic E-state index is 0.147. The van der Waals surface area contributed by atoms with E-state index in [0.717, 1.165) is 24.1 Å². The van der Waals surface area contributed by atoms with Gasteiger partial charge in [-0.2, -0.15) is 5.10 Å². The predicted molar refractivity (Wildman–Crippen MR) is 103 cm³/mol. The SMILES string of the molecule is Cc1c([C@H]2[C@H](CNC3[C@@H]4CCCC[C@@H]4C3(C)C)CC(=O)N2C)cnn1C. The zero-order valence-corrected chi connectivity index (χ0v) is 17.0. The van der Waals surface area contributed by atoms with E-state index in [-0.39, 0.29) is 11.9 Å². The molecule has 1 aliphatic heterocycles. The van der Waals surface area contributed by atoms with Crippen molar-refractivity contribution in [1.82, 2.24) is 20.0 Å². The molecule has 1 amide bonds. The molecule has 1 aromatic heterocycles. The van der Waals surface area contributed by atoms with Gasteiger partial charge in [0.05, 0.1) is 12.2 Å². The zero-order valence-electron chi connectivity index (χ0n) is 17.0. The Kier molecular flexibility index (Phi) is 4.41. The van der Waals surface area contributed by atoms with E-state index in [9.17, 15) is 4.79 Å². The van der Waals surface area contributed by atoms with E-state index in [1.165, 1.54) is 31.2 Å². The normalized spacial score (nSPS) is 36.1. The van der Waals surface area contributed by atoms with Crippen LogP contribution in [-0.2, 0) is 11.8 Å². The smallest absolute Gasteiger partial charge is 0.223 e. The number of hydrogen-bond donors (Lipinski definition) is 1. The summed E-state index contributed by atoms with van der Waals surface area (Å²) in [5, 5.41) is 8.32. The first-order chi connectivity index (χ1) is 12.3. The molecule has 2 heterocycles. The quantitative estimate of drug-likeness (QED) is 0.900. The van der Waals surface area contributed by atoms with Crippen molar-refractivity contribution in [3.05, 3.63) is 17.5 Å². The van der Waals surface area contributed by atoms with Crippen LogP contribution in [0.4, 0.5) is 0 Å². The molecule has 0 bridgehead atoms. The highest BCUT2D eigenvalue weighted by atomic mass is 16.2. The van der Waals surface area contributed by atoms with Crippen LogP contribution in [0, 0.1) is 30.1 Å². The van der Waals surface area contributed by atoms with E-state index in [1.807, 2.05) is 29.9 Å². The van der Waals surface area contributed by atoms with Gasteiger partial charge in [0.15, 0.2) is 0 Å². The summed E-state index contributed by atoms with van der Waals surface area (Å²) < 4.78 is 1.91. The summed E-state index contributed by atoms with van der Waals surface area (Å²) in [6, 6.07) is 0.749. The summed E-state index contributed by atoms with van der Waals surface area (Å²) in [6.45, 7) is 7.90. The molecule has 1 aromatic rings. The van der Waals surface area contributed by atoms with Crippen molar-refractivity contribution in [2.24, 2.45) is 30.2 Å². The number of hydrogen-bond acceptors (Lipinski definition) is 3. The molecule has 1 N–H and O–H groups in total. The fourth-order valence-electron chi connectivity index (χ4n) is 6.24. The number of nitrogens with one attached hydrogen (secondary N) is 1. The summed E-state index contributed by atoms with van der Waals surface area (Å²) in [5.41, 5.74) is 2.76. The molecule has 0 radical (unpaired) electrons. The fraction of sp³-hybridized carbons (Fsp3) is 0.810. The topological polar surface area (TPSA) is 50.2 Å². The van der Waals surface area contributed by atoms with Gasteiger partial charge in [-0.25, -0.2) is 0 Å². The number of aryl methyl sites for hydroxylation is 1. The number of nitrogens with zero attached hydrogens (tertiary/aromatic N) is 3. The minimum atomic E-state index is 0.147. The first kappa shape index (κ1) is 18.0. The van der Waals surface area contributed by atoms with Crippen molar-refractivity contribution < 1.29 is 4.79 Å². The summed E-state index contributed by atoms with van der Waals surface area (Å²) in [4.78, 5) is 14.4. The number of rotatable bonds is 4. The van der Waals surface area contributed by atoms with Crippen molar-refractivity contribution in [1.29, 1.82) is 0 Å². The van der Waals surface area contributed by atoms with Crippen LogP contribution >= 0.6 is 0 Å². The van der Waals surface area contributed by atoms with Crippen LogP contribution in [0.3, 0.4) is 0 Å². The van der Waals surface area contributed by atoms with Crippen molar-refractivity contribution in [3.63, 3.8) is 0 Å². The lowest BCUT2D eigenvalue weighted by atomic mass is 9.47. The van der Waals surface area contributed by atoms with Crippen molar-refractivity contribution >= 4 is 5.91 Å². The number of carbonyl (C=O) groups is 1. The van der Waals surface area contributed by atoms with Gasteiger partial charge in [0.2, 0.25) is 5.91 Å². The zero-order chi connectivity index (χ0) is 18.6. The van der Waals surface area contributed by atoms with Crippen molar-refractivity contribution in [2.45, 2.75) is 65.0 Å². The van der Waals surface area contributed by atoms with Gasteiger partial charge in [0, 0.05) is 50.3 Å². The van der Waals surface area contributed by atoms with E-state index >= 15 is 0 Å². The Morgan fingerprint density at radius 1 is 1.27 bits per heavy atom. The Morgan fingerprint density at radius 2 is 2.00 bits per heavy atom. The first-order valence-electron chi connectivity index (χ1n) is 10.3. The molecular weight excluding hydrogens is 324 g/mol. The molecule has 1 saturated heterocycles. The van der Waals surface area contributed by atoms with Crippen molar-refractivity contribution in [2.75, 3.05) is 13.6 Å². The molecule has 3 aliphatic rings. The highest BCUT2D eigenvalue weighted by Crippen LogP contribution is 2.57. The Balaban J connectivity index is 1.48. The van der Waals surface area contributed by atoms with Gasteiger partial charge in [-0.05, 0) is 37.0 Å². The summed E-state index contributed by atoms with van der Waals surface area (Å²) in [6.07, 6.45) is 8.16. The van der Waals surface area contributed by atoms with Gasteiger partial charge in [-0.3, -0.25) is 9.48 Å². The molecule has 0 spiro atoms. The predicted octanol–water partition coefficient (Wildman–Crippen LogP) is 3.05. The largest absolute Gasteiger partial charge is 0.338 e. The lowest BCUT2D eigenvalue weighted by molar-refractivity contribution is -0.127. The van der Waals surface area contributed by atoms with E-state index in [4.69, 9.17) is 0 Å². The monoisotopic (exact) mass is 358 g/mol. The van der Waals surface area contributed by atoms with E-state index in [2.05, 4.69) is 31.2 Å². The standard InChI is InChI=1S/C21H34N4O/c1-13-16(12-23-25(13)5)19-14(10-18(26)24(19)4)11-22-20-15-8-6-7-9-17(15)21(20,2)3/h12,14-15,17,19-20,22H,6-11H2,1-5H3/t14-,15+,17-,19+,20?/m0/s1. The Bertz CT molecular complexity index is 694. The first-order valence-corrected chi connectivity index (χ1v) is 10.3. The van der Waals surface area contributed by atoms with Crippen LogP contribution in [0.2, 0.25) is 0 Å². The maximum absolute atomic E-state index is 12.4. The molecule has 2 saturated carbocycles. The lowest BCUT2D eigenvalue weighted by Gasteiger charge is -2.61. The van der Waals surface area contributed by atoms with Crippen LogP contribution in [0.15, 0.2) is 6.20 Å². The molecule has 5 atom stereocenters. The van der Waals surface area contributed by atoms with Gasteiger partial charge in [-0.1, -0.05) is 26.7 Å². The van der Waals surface area contributed by atoms with E-state index < -0.39 is 0 Å². The van der Waals surface area contributed by atoms with E-state index in [1.54, 1.807) is 0 Å². The number of amides is 1. The number of likely N-dealkylation sites (tertiary alicyclic amines) is 1. The van der Waals surface area contributed by atoms with Crippen LogP contribution in [-0.4, -0.2) is 40.2 Å². The maximum atomic E-state index is 12.4. The highest BCUT2D eigenvalue weighted by molar-refractivity contribution is 5.79. The fourth-order valence-corrected chi connectivity index (χ4v) is 6.24. The van der Waals surface area contributed by atoms with E-state index in [0.29, 0.717) is 23.8 Å². The van der Waals surface area contributed by atoms with Gasteiger partial charge < -0.3 is 10.2 Å². The molecule has 26 heavy (non-hydrogen) atoms. The molecule has 3 fully saturated rings. The van der Waals surface area contributed by atoms with Crippen LogP contribution in [0.1, 0.15) is 63.3 Å². The average Bonchev–Trinajstić information content (AvgIpc) is 3.07. The third-order valence-corrected chi connectivity index (χ3v) is 7.89. The lowest BCUT2D eigenvalue weighted by Crippen LogP contribution is -2.65. The summed E-state index contributed by atoms with van der Waals surface area (Å²) >= 11 is 0. The van der Waals surface area contributed by atoms with Crippen LogP contribution in [0.5, 0.6) is 0 Å². The number of aromatic nitrogens is 2. The van der Waals surface area contributed by atoms with Gasteiger partial charge in [-0.15, -0.1) is 0 Å². The maximum Gasteiger partial charge on any atom is 0.223 e. The second-order valence-corrected chi connectivity index (χ2v) is 9.48.